The molecule has 1 aliphatic carbocycles. The molecule has 4 aromatic rings. The minimum absolute atomic E-state index is 0.153. The predicted molar refractivity (Wildman–Crippen MR) is 214 cm³/mol. The highest BCUT2D eigenvalue weighted by molar-refractivity contribution is 5.95. The third-order valence-electron chi connectivity index (χ3n) is 9.90. The highest BCUT2D eigenvalue weighted by Gasteiger charge is 2.40. The van der Waals surface area contributed by atoms with Gasteiger partial charge in [-0.3, -0.25) is 14.9 Å². The molecule has 298 valence electrons. The molecule has 4 aromatic carbocycles. The Morgan fingerprint density at radius 3 is 2.14 bits per heavy atom. The lowest BCUT2D eigenvalue weighted by molar-refractivity contribution is -0.131. The van der Waals surface area contributed by atoms with Crippen LogP contribution in [-0.4, -0.2) is 79.7 Å². The van der Waals surface area contributed by atoms with Gasteiger partial charge >= 0.3 is 6.03 Å². The van der Waals surface area contributed by atoms with Crippen molar-refractivity contribution >= 4 is 23.5 Å². The van der Waals surface area contributed by atoms with E-state index in [2.05, 4.69) is 26.6 Å². The first-order valence-corrected chi connectivity index (χ1v) is 18.6. The van der Waals surface area contributed by atoms with Crippen LogP contribution in [0.25, 0.3) is 0 Å². The third-order valence-corrected chi connectivity index (χ3v) is 9.90. The van der Waals surface area contributed by atoms with Gasteiger partial charge in [0.25, 0.3) is 0 Å². The summed E-state index contributed by atoms with van der Waals surface area (Å²) in [6.45, 7) is 5.62. The first-order valence-electron chi connectivity index (χ1n) is 18.6. The quantitative estimate of drug-likeness (QED) is 0.0877. The van der Waals surface area contributed by atoms with Gasteiger partial charge in [-0.15, -0.1) is 0 Å². The zero-order valence-electron chi connectivity index (χ0n) is 32.7. The summed E-state index contributed by atoms with van der Waals surface area (Å²) in [5, 5.41) is 38.0. The summed E-state index contributed by atoms with van der Waals surface area (Å²) < 4.78 is 16.1. The molecule has 13 heteroatoms. The van der Waals surface area contributed by atoms with Crippen molar-refractivity contribution in [2.45, 2.75) is 76.5 Å². The molecule has 0 saturated heterocycles. The number of aliphatic hydroxyl groups is 2. The summed E-state index contributed by atoms with van der Waals surface area (Å²) >= 11 is 0. The molecular formula is C43H53N5O8. The molecule has 0 spiro atoms. The monoisotopic (exact) mass is 767 g/mol. The summed E-state index contributed by atoms with van der Waals surface area (Å²) in [4.78, 5) is 42.1. The summed E-state index contributed by atoms with van der Waals surface area (Å²) in [6.07, 6.45) is -1.82. The lowest BCUT2D eigenvalue weighted by atomic mass is 9.85. The fourth-order valence-electron chi connectivity index (χ4n) is 6.90. The van der Waals surface area contributed by atoms with E-state index >= 15 is 0 Å². The number of hydrogen-bond acceptors (Lipinski definition) is 9. The summed E-state index contributed by atoms with van der Waals surface area (Å²) in [6, 6.07) is 24.4. The van der Waals surface area contributed by atoms with Gasteiger partial charge in [0.05, 0.1) is 51.3 Å². The molecule has 0 unspecified atom stereocenters. The SMILES string of the molecule is COc1ccc(CN[C@@H](C(=O)N[C@H]2c3ccccc3C[C@H]2O)[C@H](O)[C@H](Cc2ccccc2)NC(=O)[C@@H](NC(=O)Nc2cccc(OC)c2OC)C(C)(C)C)cc1. The molecule has 56 heavy (non-hydrogen) atoms. The molecule has 13 nitrogen and oxygen atoms in total. The largest absolute Gasteiger partial charge is 0.497 e. The van der Waals surface area contributed by atoms with Crippen LogP contribution in [0, 0.1) is 5.41 Å². The van der Waals surface area contributed by atoms with E-state index in [1.54, 1.807) is 37.4 Å². The van der Waals surface area contributed by atoms with Crippen LogP contribution >= 0.6 is 0 Å². The van der Waals surface area contributed by atoms with Gasteiger partial charge in [0.1, 0.15) is 17.8 Å². The second-order valence-electron chi connectivity index (χ2n) is 14.9. The zero-order valence-corrected chi connectivity index (χ0v) is 32.7. The van der Waals surface area contributed by atoms with E-state index in [0.29, 0.717) is 29.4 Å². The Hall–Kier alpha value is -5.63. The first kappa shape index (κ1) is 41.5. The molecule has 0 saturated carbocycles. The number of methoxy groups -OCH3 is 3. The van der Waals surface area contributed by atoms with Crippen LogP contribution in [0.5, 0.6) is 17.2 Å². The van der Waals surface area contributed by atoms with Gasteiger partial charge in [0, 0.05) is 13.0 Å². The Morgan fingerprint density at radius 1 is 0.786 bits per heavy atom. The van der Waals surface area contributed by atoms with Crippen LogP contribution in [0.1, 0.15) is 49.1 Å². The lowest BCUT2D eigenvalue weighted by Gasteiger charge is -2.35. The predicted octanol–water partition coefficient (Wildman–Crippen LogP) is 4.27. The maximum atomic E-state index is 14.3. The van der Waals surface area contributed by atoms with Crippen molar-refractivity contribution < 1.29 is 38.8 Å². The van der Waals surface area contributed by atoms with Crippen molar-refractivity contribution in [2.24, 2.45) is 5.41 Å². The van der Waals surface area contributed by atoms with E-state index in [1.807, 2.05) is 87.5 Å². The summed E-state index contributed by atoms with van der Waals surface area (Å²) in [5.41, 5.74) is 2.89. The molecule has 0 bridgehead atoms. The van der Waals surface area contributed by atoms with Crippen LogP contribution in [-0.2, 0) is 29.0 Å². The summed E-state index contributed by atoms with van der Waals surface area (Å²) in [7, 11) is 4.52. The second kappa shape index (κ2) is 18.8. The number of ether oxygens (including phenoxy) is 3. The third kappa shape index (κ3) is 10.4. The van der Waals surface area contributed by atoms with Gasteiger partial charge in [-0.25, -0.2) is 4.79 Å². The average molecular weight is 768 g/mol. The van der Waals surface area contributed by atoms with E-state index in [1.165, 1.54) is 14.2 Å². The van der Waals surface area contributed by atoms with Gasteiger partial charge in [0.2, 0.25) is 11.8 Å². The number of carbonyl (C=O) groups excluding carboxylic acids is 3. The number of benzene rings is 4. The second-order valence-corrected chi connectivity index (χ2v) is 14.9. The van der Waals surface area contributed by atoms with Crippen molar-refractivity contribution in [1.82, 2.24) is 21.3 Å². The van der Waals surface area contributed by atoms with Crippen LogP contribution in [0.3, 0.4) is 0 Å². The molecule has 0 heterocycles. The fourth-order valence-corrected chi connectivity index (χ4v) is 6.90. The van der Waals surface area contributed by atoms with E-state index in [9.17, 15) is 24.6 Å². The Kier molecular flexibility index (Phi) is 13.9. The zero-order chi connectivity index (χ0) is 40.4. The molecule has 6 atom stereocenters. The maximum Gasteiger partial charge on any atom is 0.320 e. The van der Waals surface area contributed by atoms with Gasteiger partial charge in [0.15, 0.2) is 11.5 Å². The number of fused-ring (bicyclic) bond motifs is 1. The molecule has 0 aromatic heterocycles. The van der Waals surface area contributed by atoms with Gasteiger partial charge in [-0.2, -0.15) is 0 Å². The first-order chi connectivity index (χ1) is 26.8. The molecule has 0 aliphatic heterocycles. The van der Waals surface area contributed by atoms with E-state index < -0.39 is 59.6 Å². The van der Waals surface area contributed by atoms with Crippen molar-refractivity contribution in [2.75, 3.05) is 26.6 Å². The molecular weight excluding hydrogens is 714 g/mol. The minimum atomic E-state index is -1.48. The van der Waals surface area contributed by atoms with Gasteiger partial charge < -0.3 is 45.7 Å². The average Bonchev–Trinajstić information content (AvgIpc) is 3.50. The minimum Gasteiger partial charge on any atom is -0.497 e. The van der Waals surface area contributed by atoms with E-state index in [-0.39, 0.29) is 13.0 Å². The highest BCUT2D eigenvalue weighted by atomic mass is 16.5. The lowest BCUT2D eigenvalue weighted by Crippen LogP contribution is -2.62. The van der Waals surface area contributed by atoms with Crippen molar-refractivity contribution in [3.05, 3.63) is 119 Å². The Bertz CT molecular complexity index is 1930. The van der Waals surface area contributed by atoms with Crippen molar-refractivity contribution in [3.63, 3.8) is 0 Å². The molecule has 5 rings (SSSR count). The van der Waals surface area contributed by atoms with Crippen LogP contribution in [0.15, 0.2) is 97.1 Å². The van der Waals surface area contributed by atoms with E-state index in [4.69, 9.17) is 14.2 Å². The number of amides is 4. The molecule has 7 N–H and O–H groups in total. The van der Waals surface area contributed by atoms with Gasteiger partial charge in [-0.05, 0) is 58.4 Å². The number of aliphatic hydroxyl groups excluding tert-OH is 2. The molecule has 0 fully saturated rings. The van der Waals surface area contributed by atoms with Crippen LogP contribution in [0.4, 0.5) is 10.5 Å². The van der Waals surface area contributed by atoms with Crippen molar-refractivity contribution in [1.29, 1.82) is 0 Å². The number of urea groups is 1. The smallest absolute Gasteiger partial charge is 0.320 e. The maximum absolute atomic E-state index is 14.3. The number of carbonyl (C=O) groups is 3. The number of rotatable bonds is 16. The number of hydrogen-bond donors (Lipinski definition) is 7. The Balaban J connectivity index is 1.43. The molecule has 0 radical (unpaired) electrons. The summed E-state index contributed by atoms with van der Waals surface area (Å²) in [5.74, 6) is 0.267. The Labute approximate surface area is 328 Å². The topological polar surface area (TPSA) is 180 Å². The standard InChI is InChI=1S/C43H53N5O8/c1-43(2,3)39(48-42(53)46-31-17-12-18-34(55-5)38(31)56-6)41(52)45-32(23-26-13-8-7-9-14-26)37(50)36(44-25-27-19-21-29(54-4)22-20-27)40(51)47-35-30-16-11-10-15-28(30)24-33(35)49/h7-22,32-33,35-37,39,44,49-50H,23-25H2,1-6H3,(H,45,52)(H,47,51)(H2,46,48,53)/t32-,33+,35-,36+,37+,39+/m0/s1. The Morgan fingerprint density at radius 2 is 1.48 bits per heavy atom. The molecule has 4 amide bonds. The van der Waals surface area contributed by atoms with Crippen LogP contribution in [0.2, 0.25) is 0 Å². The molecule has 1 aliphatic rings. The van der Waals surface area contributed by atoms with Crippen LogP contribution < -0.4 is 40.8 Å². The number of nitrogens with one attached hydrogen (secondary N) is 5. The normalized spacial score (nSPS) is 17.0. The highest BCUT2D eigenvalue weighted by Crippen LogP contribution is 2.35. The van der Waals surface area contributed by atoms with Gasteiger partial charge in [-0.1, -0.05) is 93.6 Å². The number of anilines is 1. The number of para-hydroxylation sites is 1. The fraction of sp³-hybridized carbons (Fsp3) is 0.372. The van der Waals surface area contributed by atoms with Crippen molar-refractivity contribution in [3.8, 4) is 17.2 Å². The van der Waals surface area contributed by atoms with E-state index in [0.717, 1.165) is 22.3 Å².